The third kappa shape index (κ3) is 0.434. The zero-order chi connectivity index (χ0) is 8.40. The fraction of sp³-hybridized carbons (Fsp3) is 0.750. The molecule has 2 atom stereocenters. The Morgan fingerprint density at radius 2 is 1.50 bits per heavy atom. The Labute approximate surface area is 68.8 Å². The molecule has 12 heavy (non-hydrogen) atoms. The number of rotatable bonds is 0. The van der Waals surface area contributed by atoms with Crippen LogP contribution in [0.3, 0.4) is 0 Å². The standard InChI is InChI=1S/C8H8O4/c9-5-7-3-1-2-4-8(7,12-7)6(10)11-5/h1-4H2. The Bertz CT molecular complexity index is 269. The van der Waals surface area contributed by atoms with E-state index >= 15 is 0 Å². The van der Waals surface area contributed by atoms with Gasteiger partial charge in [-0.2, -0.15) is 0 Å². The van der Waals surface area contributed by atoms with Crippen LogP contribution in [0.1, 0.15) is 25.7 Å². The molecule has 0 bridgehead atoms. The van der Waals surface area contributed by atoms with E-state index in [1.807, 2.05) is 0 Å². The minimum absolute atomic E-state index is 0.466. The predicted molar refractivity (Wildman–Crippen MR) is 36.1 cm³/mol. The maximum Gasteiger partial charge on any atom is 0.349 e. The zero-order valence-corrected chi connectivity index (χ0v) is 6.46. The molecule has 1 saturated carbocycles. The van der Waals surface area contributed by atoms with Crippen LogP contribution in [0.5, 0.6) is 0 Å². The lowest BCUT2D eigenvalue weighted by Gasteiger charge is -2.11. The first-order chi connectivity index (χ1) is 5.71. The summed E-state index contributed by atoms with van der Waals surface area (Å²) in [5.41, 5.74) is -1.69. The van der Waals surface area contributed by atoms with Gasteiger partial charge in [-0.15, -0.1) is 0 Å². The van der Waals surface area contributed by atoms with E-state index in [0.29, 0.717) is 12.8 Å². The Morgan fingerprint density at radius 3 is 2.00 bits per heavy atom. The molecule has 2 saturated heterocycles. The van der Waals surface area contributed by atoms with Gasteiger partial charge in [0, 0.05) is 0 Å². The lowest BCUT2D eigenvalue weighted by molar-refractivity contribution is -0.163. The molecule has 3 rings (SSSR count). The van der Waals surface area contributed by atoms with Crippen LogP contribution >= 0.6 is 0 Å². The van der Waals surface area contributed by atoms with E-state index in [-0.39, 0.29) is 0 Å². The van der Waals surface area contributed by atoms with Crippen molar-refractivity contribution in [3.8, 4) is 0 Å². The summed E-state index contributed by atoms with van der Waals surface area (Å²) in [6.07, 6.45) is 3.20. The van der Waals surface area contributed by atoms with Gasteiger partial charge in [-0.1, -0.05) is 0 Å². The van der Waals surface area contributed by atoms with E-state index in [0.717, 1.165) is 12.8 Å². The molecule has 0 aromatic rings. The molecule has 1 aliphatic carbocycles. The summed E-state index contributed by atoms with van der Waals surface area (Å²) in [5.74, 6) is -0.931. The summed E-state index contributed by atoms with van der Waals surface area (Å²) in [6, 6.07) is 0. The summed E-state index contributed by atoms with van der Waals surface area (Å²) in [4.78, 5) is 22.4. The highest BCUT2D eigenvalue weighted by Crippen LogP contribution is 2.62. The van der Waals surface area contributed by atoms with Crippen molar-refractivity contribution in [2.75, 3.05) is 0 Å². The summed E-state index contributed by atoms with van der Waals surface area (Å²) < 4.78 is 9.84. The van der Waals surface area contributed by atoms with Crippen molar-refractivity contribution in [2.24, 2.45) is 0 Å². The maximum absolute atomic E-state index is 11.2. The van der Waals surface area contributed by atoms with Crippen LogP contribution in [0.15, 0.2) is 0 Å². The van der Waals surface area contributed by atoms with Gasteiger partial charge >= 0.3 is 11.9 Å². The Morgan fingerprint density at radius 1 is 1.00 bits per heavy atom. The van der Waals surface area contributed by atoms with Gasteiger partial charge in [-0.05, 0) is 25.7 Å². The lowest BCUT2D eigenvalue weighted by Crippen LogP contribution is -2.32. The largest absolute Gasteiger partial charge is 0.389 e. The second-order valence-electron chi connectivity index (χ2n) is 3.64. The monoisotopic (exact) mass is 168 g/mol. The quantitative estimate of drug-likeness (QED) is 0.293. The molecule has 4 heteroatoms. The number of ether oxygens (including phenoxy) is 2. The van der Waals surface area contributed by atoms with Crippen LogP contribution in [0.4, 0.5) is 0 Å². The van der Waals surface area contributed by atoms with Crippen LogP contribution in [-0.2, 0) is 19.1 Å². The van der Waals surface area contributed by atoms with Gasteiger partial charge in [0.25, 0.3) is 0 Å². The molecule has 0 aromatic carbocycles. The third-order valence-corrected chi connectivity index (χ3v) is 3.11. The van der Waals surface area contributed by atoms with Gasteiger partial charge in [0.2, 0.25) is 11.2 Å². The van der Waals surface area contributed by atoms with Crippen LogP contribution in [0.2, 0.25) is 0 Å². The van der Waals surface area contributed by atoms with Crippen LogP contribution < -0.4 is 0 Å². The molecule has 64 valence electrons. The highest BCUT2D eigenvalue weighted by molar-refractivity contribution is 6.10. The van der Waals surface area contributed by atoms with Gasteiger partial charge in [0.1, 0.15) is 0 Å². The number of cyclic esters (lactones) is 2. The van der Waals surface area contributed by atoms with Gasteiger partial charge < -0.3 is 9.47 Å². The number of hydrogen-bond donors (Lipinski definition) is 0. The fourth-order valence-electron chi connectivity index (χ4n) is 2.39. The molecule has 0 N–H and O–H groups in total. The van der Waals surface area contributed by atoms with E-state index in [1.165, 1.54) is 0 Å². The van der Waals surface area contributed by atoms with E-state index in [9.17, 15) is 9.59 Å². The van der Waals surface area contributed by atoms with Gasteiger partial charge in [0.05, 0.1) is 0 Å². The molecule has 3 aliphatic rings. The molecule has 0 radical (unpaired) electrons. The first kappa shape index (κ1) is 6.60. The number of hydrogen-bond acceptors (Lipinski definition) is 4. The number of epoxide rings is 1. The Kier molecular flexibility index (Phi) is 0.862. The first-order valence-corrected chi connectivity index (χ1v) is 4.18. The highest BCUT2D eigenvalue weighted by Gasteiger charge is 2.85. The molecule has 0 spiro atoms. The van der Waals surface area contributed by atoms with Gasteiger partial charge in [-0.25, -0.2) is 9.59 Å². The third-order valence-electron chi connectivity index (χ3n) is 3.11. The SMILES string of the molecule is O=C1OC(=O)C23CCCCC12O3. The average molecular weight is 168 g/mol. The number of carbonyl (C=O) groups is 2. The minimum Gasteiger partial charge on any atom is -0.389 e. The second-order valence-corrected chi connectivity index (χ2v) is 3.64. The fourth-order valence-corrected chi connectivity index (χ4v) is 2.39. The van der Waals surface area contributed by atoms with E-state index in [1.54, 1.807) is 0 Å². The summed E-state index contributed by atoms with van der Waals surface area (Å²) in [5, 5.41) is 0. The molecule has 0 aromatic heterocycles. The number of carbonyl (C=O) groups excluding carboxylic acids is 2. The van der Waals surface area contributed by atoms with Crippen molar-refractivity contribution < 1.29 is 19.1 Å². The first-order valence-electron chi connectivity index (χ1n) is 4.18. The Balaban J connectivity index is 2.09. The van der Waals surface area contributed by atoms with Gasteiger partial charge in [-0.3, -0.25) is 0 Å². The van der Waals surface area contributed by atoms with Crippen LogP contribution in [0.25, 0.3) is 0 Å². The average Bonchev–Trinajstić information content (AvgIpc) is 2.69. The van der Waals surface area contributed by atoms with Crippen LogP contribution in [-0.4, -0.2) is 23.1 Å². The van der Waals surface area contributed by atoms with Gasteiger partial charge in [0.15, 0.2) is 0 Å². The van der Waals surface area contributed by atoms with Crippen molar-refractivity contribution >= 4 is 11.9 Å². The normalized spacial score (nSPS) is 49.7. The molecule has 2 unspecified atom stereocenters. The topological polar surface area (TPSA) is 55.9 Å². The Hall–Kier alpha value is -0.900. The van der Waals surface area contributed by atoms with E-state index in [4.69, 9.17) is 4.74 Å². The summed E-state index contributed by atoms with van der Waals surface area (Å²) >= 11 is 0. The minimum atomic E-state index is -0.845. The van der Waals surface area contributed by atoms with Crippen molar-refractivity contribution in [3.05, 3.63) is 0 Å². The summed E-state index contributed by atoms with van der Waals surface area (Å²) in [6.45, 7) is 0. The molecule has 4 nitrogen and oxygen atoms in total. The van der Waals surface area contributed by atoms with Crippen molar-refractivity contribution in [1.29, 1.82) is 0 Å². The molecule has 2 aliphatic heterocycles. The van der Waals surface area contributed by atoms with Crippen molar-refractivity contribution in [3.63, 3.8) is 0 Å². The van der Waals surface area contributed by atoms with E-state index < -0.39 is 23.1 Å². The molecular formula is C8H8O4. The molecule has 3 fully saturated rings. The summed E-state index contributed by atoms with van der Waals surface area (Å²) in [7, 11) is 0. The highest BCUT2D eigenvalue weighted by atomic mass is 16.7. The van der Waals surface area contributed by atoms with Crippen LogP contribution in [0, 0.1) is 0 Å². The number of esters is 2. The smallest absolute Gasteiger partial charge is 0.349 e. The molecule has 0 amide bonds. The van der Waals surface area contributed by atoms with Crippen molar-refractivity contribution in [2.45, 2.75) is 36.9 Å². The maximum atomic E-state index is 11.2. The molecular weight excluding hydrogens is 160 g/mol. The van der Waals surface area contributed by atoms with Crippen molar-refractivity contribution in [1.82, 2.24) is 0 Å². The van der Waals surface area contributed by atoms with E-state index in [2.05, 4.69) is 4.74 Å². The molecule has 2 heterocycles. The lowest BCUT2D eigenvalue weighted by atomic mass is 9.81. The zero-order valence-electron chi connectivity index (χ0n) is 6.46. The second kappa shape index (κ2) is 1.57. The predicted octanol–water partition coefficient (Wildman–Crippen LogP) is 0.152.